The van der Waals surface area contributed by atoms with Gasteiger partial charge in [-0.2, -0.15) is 5.10 Å². The van der Waals surface area contributed by atoms with Gasteiger partial charge in [0.1, 0.15) is 12.4 Å². The summed E-state index contributed by atoms with van der Waals surface area (Å²) in [6, 6.07) is 23.9. The standard InChI is InChI=1S/C24H21N5O2/c1-17-27-22-10-6-5-9-21(22)24(31)29(17)20-13-11-19(12-14-20)28-23(30)16-26-25-15-18-7-3-2-4-8-18/h2-15,26H,16H2,1H3,(H,28,30)/b25-15+. The summed E-state index contributed by atoms with van der Waals surface area (Å²) >= 11 is 0. The monoisotopic (exact) mass is 411 g/mol. The second-order valence-electron chi connectivity index (χ2n) is 6.92. The van der Waals surface area contributed by atoms with Crippen LogP contribution in [-0.2, 0) is 4.79 Å². The first-order valence-corrected chi connectivity index (χ1v) is 9.81. The lowest BCUT2D eigenvalue weighted by Gasteiger charge is -2.12. The van der Waals surface area contributed by atoms with E-state index in [4.69, 9.17) is 0 Å². The Bertz CT molecular complexity index is 1300. The minimum atomic E-state index is -0.223. The van der Waals surface area contributed by atoms with E-state index in [2.05, 4.69) is 20.8 Å². The fourth-order valence-electron chi connectivity index (χ4n) is 3.22. The number of anilines is 1. The molecule has 0 atom stereocenters. The number of amides is 1. The number of hydrogen-bond donors (Lipinski definition) is 2. The zero-order chi connectivity index (χ0) is 21.6. The minimum Gasteiger partial charge on any atom is -0.325 e. The Balaban J connectivity index is 1.42. The lowest BCUT2D eigenvalue weighted by molar-refractivity contribution is -0.115. The molecular weight excluding hydrogens is 390 g/mol. The van der Waals surface area contributed by atoms with Gasteiger partial charge in [-0.15, -0.1) is 0 Å². The van der Waals surface area contributed by atoms with E-state index < -0.39 is 0 Å². The van der Waals surface area contributed by atoms with Crippen molar-refractivity contribution in [3.63, 3.8) is 0 Å². The van der Waals surface area contributed by atoms with E-state index in [0.717, 1.165) is 5.56 Å². The van der Waals surface area contributed by atoms with Crippen molar-refractivity contribution in [1.82, 2.24) is 15.0 Å². The lowest BCUT2D eigenvalue weighted by atomic mass is 10.2. The van der Waals surface area contributed by atoms with Crippen molar-refractivity contribution in [2.45, 2.75) is 6.92 Å². The van der Waals surface area contributed by atoms with Gasteiger partial charge < -0.3 is 10.7 Å². The number of hydrogen-bond acceptors (Lipinski definition) is 5. The van der Waals surface area contributed by atoms with Gasteiger partial charge in [0.05, 0.1) is 22.8 Å². The van der Waals surface area contributed by atoms with Crippen molar-refractivity contribution in [3.8, 4) is 5.69 Å². The highest BCUT2D eigenvalue weighted by molar-refractivity contribution is 5.92. The van der Waals surface area contributed by atoms with Crippen molar-refractivity contribution in [2.75, 3.05) is 11.9 Å². The topological polar surface area (TPSA) is 88.4 Å². The molecule has 7 nitrogen and oxygen atoms in total. The highest BCUT2D eigenvalue weighted by Gasteiger charge is 2.10. The number of carbonyl (C=O) groups is 1. The molecule has 0 saturated heterocycles. The Morgan fingerprint density at radius 2 is 1.71 bits per heavy atom. The molecule has 31 heavy (non-hydrogen) atoms. The zero-order valence-corrected chi connectivity index (χ0v) is 16.9. The van der Waals surface area contributed by atoms with Gasteiger partial charge in [0.15, 0.2) is 0 Å². The van der Waals surface area contributed by atoms with Crippen LogP contribution in [0.3, 0.4) is 0 Å². The summed E-state index contributed by atoms with van der Waals surface area (Å²) in [6.45, 7) is 1.84. The Labute approximate surface area is 179 Å². The number of nitrogens with one attached hydrogen (secondary N) is 2. The van der Waals surface area contributed by atoms with Gasteiger partial charge in [0.25, 0.3) is 5.56 Å². The zero-order valence-electron chi connectivity index (χ0n) is 16.9. The third-order valence-corrected chi connectivity index (χ3v) is 4.70. The van der Waals surface area contributed by atoms with Crippen molar-refractivity contribution >= 4 is 28.7 Å². The largest absolute Gasteiger partial charge is 0.325 e. The van der Waals surface area contributed by atoms with Gasteiger partial charge in [-0.05, 0) is 48.9 Å². The minimum absolute atomic E-state index is 0.0399. The molecule has 154 valence electrons. The summed E-state index contributed by atoms with van der Waals surface area (Å²) in [4.78, 5) is 29.5. The third-order valence-electron chi connectivity index (χ3n) is 4.70. The van der Waals surface area contributed by atoms with Gasteiger partial charge >= 0.3 is 0 Å². The smallest absolute Gasteiger partial charge is 0.265 e. The van der Waals surface area contributed by atoms with E-state index >= 15 is 0 Å². The Hall–Kier alpha value is -4.26. The molecule has 0 aliphatic heterocycles. The second kappa shape index (κ2) is 9.04. The maximum absolute atomic E-state index is 12.9. The first-order valence-electron chi connectivity index (χ1n) is 9.81. The van der Waals surface area contributed by atoms with Crippen LogP contribution in [0.1, 0.15) is 11.4 Å². The number of rotatable bonds is 6. The number of aromatic nitrogens is 2. The summed E-state index contributed by atoms with van der Waals surface area (Å²) in [5, 5.41) is 7.40. The summed E-state index contributed by atoms with van der Waals surface area (Å²) in [5.41, 5.74) is 5.53. The highest BCUT2D eigenvalue weighted by atomic mass is 16.2. The number of aryl methyl sites for hydroxylation is 1. The maximum Gasteiger partial charge on any atom is 0.265 e. The molecule has 7 heteroatoms. The lowest BCUT2D eigenvalue weighted by Crippen LogP contribution is -2.25. The van der Waals surface area contributed by atoms with Crippen LogP contribution in [0.4, 0.5) is 5.69 Å². The van der Waals surface area contributed by atoms with Crippen LogP contribution in [-0.4, -0.2) is 28.2 Å². The van der Waals surface area contributed by atoms with Crippen LogP contribution in [0.25, 0.3) is 16.6 Å². The SMILES string of the molecule is Cc1nc2ccccc2c(=O)n1-c1ccc(NC(=O)CN/N=C/c2ccccc2)cc1. The van der Waals surface area contributed by atoms with E-state index in [1.54, 1.807) is 48.0 Å². The van der Waals surface area contributed by atoms with Crippen molar-refractivity contribution < 1.29 is 4.79 Å². The molecule has 0 spiro atoms. The van der Waals surface area contributed by atoms with Crippen LogP contribution >= 0.6 is 0 Å². The Kier molecular flexibility index (Phi) is 5.84. The third kappa shape index (κ3) is 4.67. The van der Waals surface area contributed by atoms with Crippen LogP contribution in [0, 0.1) is 6.92 Å². The average Bonchev–Trinajstić information content (AvgIpc) is 2.79. The van der Waals surface area contributed by atoms with Crippen LogP contribution in [0.15, 0.2) is 88.8 Å². The first kappa shape index (κ1) is 20.0. The van der Waals surface area contributed by atoms with Crippen LogP contribution in [0.2, 0.25) is 0 Å². The fraction of sp³-hybridized carbons (Fsp3) is 0.0833. The molecule has 1 amide bonds. The highest BCUT2D eigenvalue weighted by Crippen LogP contribution is 2.15. The van der Waals surface area contributed by atoms with E-state index in [-0.39, 0.29) is 18.0 Å². The molecule has 0 fully saturated rings. The van der Waals surface area contributed by atoms with E-state index in [0.29, 0.717) is 28.1 Å². The molecule has 0 unspecified atom stereocenters. The van der Waals surface area contributed by atoms with E-state index in [1.807, 2.05) is 48.5 Å². The number of para-hydroxylation sites is 1. The molecule has 0 bridgehead atoms. The van der Waals surface area contributed by atoms with Gasteiger partial charge in [-0.1, -0.05) is 42.5 Å². The summed E-state index contributed by atoms with van der Waals surface area (Å²) in [5.74, 6) is 0.375. The fourth-order valence-corrected chi connectivity index (χ4v) is 3.22. The molecule has 4 aromatic rings. The van der Waals surface area contributed by atoms with Crippen molar-refractivity contribution in [2.24, 2.45) is 5.10 Å². The molecule has 4 rings (SSSR count). The van der Waals surface area contributed by atoms with Gasteiger partial charge in [-0.3, -0.25) is 14.2 Å². The number of carbonyl (C=O) groups excluding carboxylic acids is 1. The number of fused-ring (bicyclic) bond motifs is 1. The molecule has 1 aromatic heterocycles. The molecular formula is C24H21N5O2. The van der Waals surface area contributed by atoms with Crippen LogP contribution < -0.4 is 16.3 Å². The molecule has 0 saturated carbocycles. The summed E-state index contributed by atoms with van der Waals surface area (Å²) in [6.07, 6.45) is 1.65. The quantitative estimate of drug-likeness (QED) is 0.377. The first-order chi connectivity index (χ1) is 15.1. The number of nitrogens with zero attached hydrogens (tertiary/aromatic N) is 3. The van der Waals surface area contributed by atoms with E-state index in [9.17, 15) is 9.59 Å². The molecule has 0 aliphatic carbocycles. The maximum atomic E-state index is 12.9. The van der Waals surface area contributed by atoms with Crippen molar-refractivity contribution in [1.29, 1.82) is 0 Å². The Morgan fingerprint density at radius 3 is 2.48 bits per heavy atom. The predicted octanol–water partition coefficient (Wildman–Crippen LogP) is 3.26. The molecule has 3 aromatic carbocycles. The van der Waals surface area contributed by atoms with E-state index in [1.165, 1.54) is 0 Å². The second-order valence-corrected chi connectivity index (χ2v) is 6.92. The summed E-state index contributed by atoms with van der Waals surface area (Å²) < 4.78 is 1.56. The Morgan fingerprint density at radius 1 is 1.00 bits per heavy atom. The number of hydrazone groups is 1. The van der Waals surface area contributed by atoms with Crippen molar-refractivity contribution in [3.05, 3.63) is 101 Å². The molecule has 0 aliphatic rings. The van der Waals surface area contributed by atoms with Gasteiger partial charge in [0.2, 0.25) is 5.91 Å². The van der Waals surface area contributed by atoms with Gasteiger partial charge in [0, 0.05) is 5.69 Å². The predicted molar refractivity (Wildman–Crippen MR) is 123 cm³/mol. The van der Waals surface area contributed by atoms with Crippen LogP contribution in [0.5, 0.6) is 0 Å². The molecule has 2 N–H and O–H groups in total. The van der Waals surface area contributed by atoms with Gasteiger partial charge in [-0.25, -0.2) is 4.98 Å². The summed E-state index contributed by atoms with van der Waals surface area (Å²) in [7, 11) is 0. The average molecular weight is 411 g/mol. The molecule has 0 radical (unpaired) electrons. The normalized spacial score (nSPS) is 11.0. The molecule has 1 heterocycles. The number of benzene rings is 3.